The van der Waals surface area contributed by atoms with Crippen molar-refractivity contribution < 1.29 is 0 Å². The van der Waals surface area contributed by atoms with E-state index in [0.717, 1.165) is 25.9 Å². The molecule has 1 unspecified atom stereocenters. The van der Waals surface area contributed by atoms with Crippen molar-refractivity contribution in [2.75, 3.05) is 18.4 Å². The first-order valence-corrected chi connectivity index (χ1v) is 5.75. The number of aromatic nitrogens is 2. The fourth-order valence-electron chi connectivity index (χ4n) is 1.81. The third kappa shape index (κ3) is 4.02. The highest BCUT2D eigenvalue weighted by Gasteiger charge is 2.15. The van der Waals surface area contributed by atoms with Gasteiger partial charge in [0.15, 0.2) is 0 Å². The van der Waals surface area contributed by atoms with Crippen molar-refractivity contribution in [2.24, 2.45) is 7.05 Å². The Morgan fingerprint density at radius 1 is 1.56 bits per heavy atom. The molecule has 0 radical (unpaired) electrons. The van der Waals surface area contributed by atoms with Gasteiger partial charge in [0.05, 0.1) is 11.9 Å². The van der Waals surface area contributed by atoms with Crippen LogP contribution in [0.2, 0.25) is 5.02 Å². The largest absolute Gasteiger partial charge is 0.378 e. The van der Waals surface area contributed by atoms with Crippen molar-refractivity contribution in [3.05, 3.63) is 21.6 Å². The van der Waals surface area contributed by atoms with Gasteiger partial charge in [-0.15, -0.1) is 24.8 Å². The number of aryl methyl sites for hydroxylation is 1. The summed E-state index contributed by atoms with van der Waals surface area (Å²) in [7, 11) is 1.58. The third-order valence-corrected chi connectivity index (χ3v) is 3.10. The number of hydrogen-bond donors (Lipinski definition) is 2. The molecule has 0 aromatic carbocycles. The molecular weight excluding hydrogens is 298 g/mol. The predicted molar refractivity (Wildman–Crippen MR) is 78.5 cm³/mol. The van der Waals surface area contributed by atoms with Gasteiger partial charge in [0, 0.05) is 19.6 Å². The lowest BCUT2D eigenvalue weighted by atomic mass is 10.1. The van der Waals surface area contributed by atoms with Gasteiger partial charge in [-0.25, -0.2) is 4.68 Å². The lowest BCUT2D eigenvalue weighted by molar-refractivity contribution is 0.479. The van der Waals surface area contributed by atoms with Crippen LogP contribution in [0.4, 0.5) is 5.69 Å². The number of rotatable bonds is 2. The average Bonchev–Trinajstić information content (AvgIpc) is 2.31. The second-order valence-electron chi connectivity index (χ2n) is 3.99. The average molecular weight is 316 g/mol. The highest BCUT2D eigenvalue weighted by atomic mass is 35.5. The molecule has 5 nitrogen and oxygen atoms in total. The summed E-state index contributed by atoms with van der Waals surface area (Å²) in [6.07, 6.45) is 3.81. The Bertz CT molecular complexity index is 432. The normalized spacial score (nSPS) is 18.4. The minimum absolute atomic E-state index is 0. The van der Waals surface area contributed by atoms with E-state index in [0.29, 0.717) is 11.7 Å². The maximum atomic E-state index is 11.5. The highest BCUT2D eigenvalue weighted by molar-refractivity contribution is 6.32. The van der Waals surface area contributed by atoms with Crippen LogP contribution in [0, 0.1) is 0 Å². The molecule has 1 aliphatic rings. The zero-order chi connectivity index (χ0) is 11.5. The van der Waals surface area contributed by atoms with Crippen LogP contribution in [-0.4, -0.2) is 28.9 Å². The van der Waals surface area contributed by atoms with Crippen molar-refractivity contribution in [2.45, 2.75) is 18.9 Å². The van der Waals surface area contributed by atoms with E-state index < -0.39 is 0 Å². The van der Waals surface area contributed by atoms with Crippen LogP contribution in [0.25, 0.3) is 0 Å². The molecule has 0 aliphatic carbocycles. The molecule has 2 N–H and O–H groups in total. The number of nitrogens with one attached hydrogen (secondary N) is 2. The molecule has 1 fully saturated rings. The van der Waals surface area contributed by atoms with Gasteiger partial charge in [-0.05, 0) is 19.4 Å². The standard InChI is InChI=1S/C10H15ClN4O.2ClH/c1-15-10(16)9(11)8(6-13-15)14-7-3-2-4-12-5-7;;/h6-7,12,14H,2-5H2,1H3;2*1H. The Morgan fingerprint density at radius 3 is 2.89 bits per heavy atom. The molecule has 2 rings (SSSR count). The molecule has 1 saturated heterocycles. The summed E-state index contributed by atoms with van der Waals surface area (Å²) in [5.41, 5.74) is 0.355. The van der Waals surface area contributed by atoms with Crippen molar-refractivity contribution >= 4 is 42.1 Å². The van der Waals surface area contributed by atoms with Gasteiger partial charge < -0.3 is 10.6 Å². The van der Waals surface area contributed by atoms with Gasteiger partial charge in [-0.1, -0.05) is 11.6 Å². The molecule has 2 heterocycles. The molecule has 1 atom stereocenters. The van der Waals surface area contributed by atoms with Crippen molar-refractivity contribution in [1.82, 2.24) is 15.1 Å². The first-order valence-electron chi connectivity index (χ1n) is 5.37. The maximum absolute atomic E-state index is 11.5. The van der Waals surface area contributed by atoms with Crippen molar-refractivity contribution in [1.29, 1.82) is 0 Å². The second-order valence-corrected chi connectivity index (χ2v) is 4.37. The minimum Gasteiger partial charge on any atom is -0.378 e. The zero-order valence-electron chi connectivity index (χ0n) is 9.98. The number of anilines is 1. The fourth-order valence-corrected chi connectivity index (χ4v) is 2.03. The Morgan fingerprint density at radius 2 is 2.28 bits per heavy atom. The number of nitrogens with zero attached hydrogens (tertiary/aromatic N) is 2. The Labute approximate surface area is 123 Å². The Balaban J connectivity index is 0.00000144. The summed E-state index contributed by atoms with van der Waals surface area (Å²) in [6.45, 7) is 1.95. The highest BCUT2D eigenvalue weighted by Crippen LogP contribution is 2.17. The molecular formula is C10H17Cl3N4O. The van der Waals surface area contributed by atoms with E-state index in [1.807, 2.05) is 0 Å². The Hall–Kier alpha value is -0.490. The maximum Gasteiger partial charge on any atom is 0.287 e. The summed E-state index contributed by atoms with van der Waals surface area (Å²) >= 11 is 5.96. The smallest absolute Gasteiger partial charge is 0.287 e. The quantitative estimate of drug-likeness (QED) is 0.867. The summed E-state index contributed by atoms with van der Waals surface area (Å²) in [5, 5.41) is 10.7. The van der Waals surface area contributed by atoms with E-state index in [4.69, 9.17) is 11.6 Å². The summed E-state index contributed by atoms with van der Waals surface area (Å²) in [5.74, 6) is 0. The van der Waals surface area contributed by atoms with Gasteiger partial charge >= 0.3 is 0 Å². The van der Waals surface area contributed by atoms with E-state index in [1.54, 1.807) is 13.2 Å². The van der Waals surface area contributed by atoms with E-state index in [1.165, 1.54) is 4.68 Å². The number of piperidine rings is 1. The molecule has 1 aromatic heterocycles. The van der Waals surface area contributed by atoms with Crippen LogP contribution in [-0.2, 0) is 7.05 Å². The first kappa shape index (κ1) is 17.5. The minimum atomic E-state index is -0.268. The summed E-state index contributed by atoms with van der Waals surface area (Å²) < 4.78 is 1.23. The molecule has 1 aromatic rings. The molecule has 8 heteroatoms. The van der Waals surface area contributed by atoms with Gasteiger partial charge in [0.2, 0.25) is 0 Å². The summed E-state index contributed by atoms with van der Waals surface area (Å²) in [4.78, 5) is 11.5. The number of halogens is 3. The molecule has 0 bridgehead atoms. The van der Waals surface area contributed by atoms with E-state index in [2.05, 4.69) is 15.7 Å². The second kappa shape index (κ2) is 7.84. The monoisotopic (exact) mass is 314 g/mol. The lowest BCUT2D eigenvalue weighted by Gasteiger charge is -2.24. The third-order valence-electron chi connectivity index (χ3n) is 2.73. The van der Waals surface area contributed by atoms with Crippen LogP contribution in [0.5, 0.6) is 0 Å². The van der Waals surface area contributed by atoms with Crippen LogP contribution in [0.3, 0.4) is 0 Å². The Kier molecular flexibility index (Phi) is 7.62. The lowest BCUT2D eigenvalue weighted by Crippen LogP contribution is -2.39. The molecule has 104 valence electrons. The van der Waals surface area contributed by atoms with Crippen LogP contribution < -0.4 is 16.2 Å². The molecule has 0 amide bonds. The molecule has 0 spiro atoms. The fraction of sp³-hybridized carbons (Fsp3) is 0.600. The molecule has 0 saturated carbocycles. The van der Waals surface area contributed by atoms with E-state index in [-0.39, 0.29) is 35.4 Å². The molecule has 1 aliphatic heterocycles. The topological polar surface area (TPSA) is 59.0 Å². The predicted octanol–water partition coefficient (Wildman–Crippen LogP) is 1.44. The SMILES string of the molecule is Cl.Cl.Cn1ncc(NC2CCCNC2)c(Cl)c1=O. The van der Waals surface area contributed by atoms with E-state index >= 15 is 0 Å². The van der Waals surface area contributed by atoms with Crippen molar-refractivity contribution in [3.63, 3.8) is 0 Å². The van der Waals surface area contributed by atoms with Gasteiger partial charge in [0.25, 0.3) is 5.56 Å². The first-order chi connectivity index (χ1) is 7.68. The van der Waals surface area contributed by atoms with E-state index in [9.17, 15) is 4.79 Å². The van der Waals surface area contributed by atoms with Crippen LogP contribution in [0.15, 0.2) is 11.0 Å². The van der Waals surface area contributed by atoms with Crippen molar-refractivity contribution in [3.8, 4) is 0 Å². The van der Waals surface area contributed by atoms with Crippen LogP contribution >= 0.6 is 36.4 Å². The van der Waals surface area contributed by atoms with Crippen LogP contribution in [0.1, 0.15) is 12.8 Å². The van der Waals surface area contributed by atoms with Gasteiger partial charge in [-0.3, -0.25) is 4.79 Å². The van der Waals surface area contributed by atoms with Gasteiger partial charge in [-0.2, -0.15) is 5.10 Å². The van der Waals surface area contributed by atoms with Gasteiger partial charge in [0.1, 0.15) is 5.02 Å². The number of hydrogen-bond acceptors (Lipinski definition) is 4. The molecule has 18 heavy (non-hydrogen) atoms. The zero-order valence-corrected chi connectivity index (χ0v) is 12.4. The summed E-state index contributed by atoms with van der Waals surface area (Å²) in [6, 6.07) is 0.320.